The van der Waals surface area contributed by atoms with Gasteiger partial charge in [-0.15, -0.1) is 0 Å². The average Bonchev–Trinajstić information content (AvgIpc) is 2.82. The Morgan fingerprint density at radius 3 is 2.68 bits per heavy atom. The molecule has 0 aliphatic rings. The fourth-order valence-electron chi connectivity index (χ4n) is 1.83. The van der Waals surface area contributed by atoms with E-state index in [-0.39, 0.29) is 5.56 Å². The van der Waals surface area contributed by atoms with Crippen molar-refractivity contribution in [3.63, 3.8) is 0 Å². The van der Waals surface area contributed by atoms with Crippen LogP contribution in [0.25, 0.3) is 22.5 Å². The topological polar surface area (TPSA) is 113 Å². The Balaban J connectivity index is 2.19. The lowest BCUT2D eigenvalue weighted by Crippen LogP contribution is -2.05. The maximum absolute atomic E-state index is 11.0. The summed E-state index contributed by atoms with van der Waals surface area (Å²) < 4.78 is 0. The van der Waals surface area contributed by atoms with Gasteiger partial charge in [-0.05, 0) is 12.1 Å². The predicted octanol–water partition coefficient (Wildman–Crippen LogP) is 0.804. The molecule has 0 amide bonds. The van der Waals surface area contributed by atoms with Crippen LogP contribution in [0, 0.1) is 0 Å². The van der Waals surface area contributed by atoms with Gasteiger partial charge < -0.3 is 5.73 Å². The molecule has 7 nitrogen and oxygen atoms in total. The normalized spacial score (nSPS) is 10.5. The Kier molecular flexibility index (Phi) is 2.57. The quantitative estimate of drug-likeness (QED) is 0.626. The summed E-state index contributed by atoms with van der Waals surface area (Å²) in [4.78, 5) is 15.1. The molecule has 19 heavy (non-hydrogen) atoms. The summed E-state index contributed by atoms with van der Waals surface area (Å²) in [6.45, 7) is 0. The van der Waals surface area contributed by atoms with E-state index in [0.717, 1.165) is 5.56 Å². The van der Waals surface area contributed by atoms with Gasteiger partial charge in [-0.1, -0.05) is 6.07 Å². The number of rotatable bonds is 2. The minimum absolute atomic E-state index is 0.265. The maximum Gasteiger partial charge on any atom is 0.264 e. The molecule has 0 unspecified atom stereocenters. The number of hydrogen-bond acceptors (Lipinski definition) is 5. The van der Waals surface area contributed by atoms with Gasteiger partial charge in [0, 0.05) is 24.0 Å². The summed E-state index contributed by atoms with van der Waals surface area (Å²) in [5.74, 6) is 0.357. The minimum Gasteiger partial charge on any atom is -0.382 e. The fraction of sp³-hybridized carbons (Fsp3) is 0. The van der Waals surface area contributed by atoms with Gasteiger partial charge >= 0.3 is 0 Å². The number of aromatic amines is 2. The van der Waals surface area contributed by atoms with Crippen LogP contribution in [0.2, 0.25) is 0 Å². The van der Waals surface area contributed by atoms with Crippen LogP contribution in [-0.2, 0) is 0 Å². The highest BCUT2D eigenvalue weighted by Gasteiger charge is 2.15. The van der Waals surface area contributed by atoms with E-state index in [4.69, 9.17) is 5.73 Å². The smallest absolute Gasteiger partial charge is 0.264 e. The first kappa shape index (κ1) is 11.1. The number of anilines is 1. The van der Waals surface area contributed by atoms with Crippen LogP contribution in [0.4, 0.5) is 5.82 Å². The molecule has 0 fully saturated rings. The van der Waals surface area contributed by atoms with Gasteiger partial charge in [0.25, 0.3) is 5.56 Å². The first-order valence-corrected chi connectivity index (χ1v) is 5.56. The molecular weight excluding hydrogens is 244 g/mol. The zero-order chi connectivity index (χ0) is 13.2. The molecule has 7 heteroatoms. The number of nitrogen functional groups attached to an aromatic ring is 1. The molecule has 3 aromatic heterocycles. The summed E-state index contributed by atoms with van der Waals surface area (Å²) in [6, 6.07) is 6.69. The fourth-order valence-corrected chi connectivity index (χ4v) is 1.83. The number of nitrogens with one attached hydrogen (secondary N) is 2. The molecule has 4 N–H and O–H groups in total. The molecule has 0 saturated heterocycles. The molecule has 0 aliphatic carbocycles. The molecule has 3 aromatic rings. The number of pyridine rings is 1. The van der Waals surface area contributed by atoms with Crippen molar-refractivity contribution in [2.24, 2.45) is 0 Å². The monoisotopic (exact) mass is 254 g/mol. The molecular formula is C12H10N6O. The highest BCUT2D eigenvalue weighted by molar-refractivity contribution is 5.86. The zero-order valence-electron chi connectivity index (χ0n) is 9.79. The number of aromatic nitrogens is 5. The van der Waals surface area contributed by atoms with Gasteiger partial charge in [0.1, 0.15) is 5.69 Å². The molecule has 3 rings (SSSR count). The van der Waals surface area contributed by atoms with Gasteiger partial charge in [0.15, 0.2) is 5.82 Å². The molecule has 0 spiro atoms. The third-order valence-corrected chi connectivity index (χ3v) is 2.68. The Bertz CT molecular complexity index is 741. The van der Waals surface area contributed by atoms with E-state index in [2.05, 4.69) is 25.4 Å². The maximum atomic E-state index is 11.0. The summed E-state index contributed by atoms with van der Waals surface area (Å²) in [5, 5.41) is 13.1. The lowest BCUT2D eigenvalue weighted by atomic mass is 10.1. The molecule has 0 aromatic carbocycles. The zero-order valence-corrected chi connectivity index (χ0v) is 9.79. The van der Waals surface area contributed by atoms with Gasteiger partial charge in [0.2, 0.25) is 0 Å². The SMILES string of the molecule is Nc1n[nH]c(-c2ccc(=O)[nH]n2)c1-c1cccnc1. The molecule has 0 saturated carbocycles. The number of nitrogens with two attached hydrogens (primary N) is 1. The van der Waals surface area contributed by atoms with E-state index < -0.39 is 0 Å². The van der Waals surface area contributed by atoms with Gasteiger partial charge in [0.05, 0.1) is 11.3 Å². The van der Waals surface area contributed by atoms with Crippen molar-refractivity contribution in [1.82, 2.24) is 25.4 Å². The van der Waals surface area contributed by atoms with Crippen LogP contribution in [0.1, 0.15) is 0 Å². The first-order valence-electron chi connectivity index (χ1n) is 5.56. The highest BCUT2D eigenvalue weighted by atomic mass is 16.1. The van der Waals surface area contributed by atoms with Gasteiger partial charge in [-0.3, -0.25) is 14.9 Å². The molecule has 0 bridgehead atoms. The largest absolute Gasteiger partial charge is 0.382 e. The van der Waals surface area contributed by atoms with Crippen LogP contribution in [0.5, 0.6) is 0 Å². The Morgan fingerprint density at radius 2 is 2.00 bits per heavy atom. The molecule has 3 heterocycles. The van der Waals surface area contributed by atoms with E-state index in [1.165, 1.54) is 6.07 Å². The van der Waals surface area contributed by atoms with Crippen molar-refractivity contribution in [2.75, 3.05) is 5.73 Å². The summed E-state index contributed by atoms with van der Waals surface area (Å²) in [6.07, 6.45) is 3.37. The molecule has 0 radical (unpaired) electrons. The van der Waals surface area contributed by atoms with Crippen LogP contribution in [0.3, 0.4) is 0 Å². The molecule has 0 atom stereocenters. The Morgan fingerprint density at radius 1 is 1.11 bits per heavy atom. The number of H-pyrrole nitrogens is 2. The van der Waals surface area contributed by atoms with Crippen LogP contribution >= 0.6 is 0 Å². The number of hydrogen-bond donors (Lipinski definition) is 3. The third kappa shape index (κ3) is 1.97. The van der Waals surface area contributed by atoms with Crippen LogP contribution in [-0.4, -0.2) is 25.4 Å². The van der Waals surface area contributed by atoms with Gasteiger partial charge in [-0.2, -0.15) is 10.2 Å². The lowest BCUT2D eigenvalue weighted by Gasteiger charge is -2.02. The van der Waals surface area contributed by atoms with E-state index in [1.54, 1.807) is 18.5 Å². The minimum atomic E-state index is -0.265. The standard InChI is InChI=1S/C12H10N6O/c13-12-10(7-2-1-5-14-6-7)11(17-18-12)8-3-4-9(19)16-15-8/h1-6H,(H,16,19)(H3,13,17,18). The predicted molar refractivity (Wildman–Crippen MR) is 70.1 cm³/mol. The second-order valence-electron chi connectivity index (χ2n) is 3.91. The average molecular weight is 254 g/mol. The van der Waals surface area contributed by atoms with Crippen LogP contribution in [0.15, 0.2) is 41.5 Å². The van der Waals surface area contributed by atoms with E-state index in [9.17, 15) is 4.79 Å². The lowest BCUT2D eigenvalue weighted by molar-refractivity contribution is 0.982. The molecule has 94 valence electrons. The van der Waals surface area contributed by atoms with Crippen molar-refractivity contribution in [3.05, 3.63) is 47.0 Å². The summed E-state index contributed by atoms with van der Waals surface area (Å²) in [5.41, 5.74) is 8.35. The highest BCUT2D eigenvalue weighted by Crippen LogP contribution is 2.32. The van der Waals surface area contributed by atoms with E-state index >= 15 is 0 Å². The van der Waals surface area contributed by atoms with Crippen molar-refractivity contribution < 1.29 is 0 Å². The van der Waals surface area contributed by atoms with Crippen molar-refractivity contribution in [2.45, 2.75) is 0 Å². The number of nitrogens with zero attached hydrogens (tertiary/aromatic N) is 3. The second-order valence-corrected chi connectivity index (χ2v) is 3.91. The Labute approximate surface area is 107 Å². The Hall–Kier alpha value is -2.96. The summed E-state index contributed by atoms with van der Waals surface area (Å²) >= 11 is 0. The van der Waals surface area contributed by atoms with Crippen molar-refractivity contribution in [3.8, 4) is 22.5 Å². The molecule has 0 aliphatic heterocycles. The van der Waals surface area contributed by atoms with Crippen molar-refractivity contribution >= 4 is 5.82 Å². The van der Waals surface area contributed by atoms with Gasteiger partial charge in [-0.25, -0.2) is 5.10 Å². The van der Waals surface area contributed by atoms with E-state index in [0.29, 0.717) is 22.8 Å². The summed E-state index contributed by atoms with van der Waals surface area (Å²) in [7, 11) is 0. The van der Waals surface area contributed by atoms with E-state index in [1.807, 2.05) is 12.1 Å². The second kappa shape index (κ2) is 4.37. The first-order chi connectivity index (χ1) is 9.25. The van der Waals surface area contributed by atoms with Crippen LogP contribution < -0.4 is 11.3 Å². The third-order valence-electron chi connectivity index (χ3n) is 2.68. The van der Waals surface area contributed by atoms with Crippen molar-refractivity contribution in [1.29, 1.82) is 0 Å².